The molecular weight excluding hydrogens is 502 g/mol. The van der Waals surface area contributed by atoms with Crippen molar-refractivity contribution in [3.63, 3.8) is 0 Å². The fraction of sp³-hybridized carbons (Fsp3) is 0.464. The molecule has 2 aromatic rings. The Balaban J connectivity index is 1.48. The molecule has 0 saturated carbocycles. The van der Waals surface area contributed by atoms with Gasteiger partial charge in [0.1, 0.15) is 17.5 Å². The van der Waals surface area contributed by atoms with Crippen LogP contribution in [0.4, 0.5) is 11.4 Å². The lowest BCUT2D eigenvalue weighted by Crippen LogP contribution is -2.48. The van der Waals surface area contributed by atoms with Crippen LogP contribution in [0.2, 0.25) is 0 Å². The van der Waals surface area contributed by atoms with Crippen molar-refractivity contribution in [3.8, 4) is 11.5 Å². The fourth-order valence-corrected chi connectivity index (χ4v) is 5.11. The number of hydrogen-bond donors (Lipinski definition) is 1. The second-order valence-electron chi connectivity index (χ2n) is 9.45. The first-order chi connectivity index (χ1) is 18.4. The number of ether oxygens (including phenoxy) is 2. The number of nitrogens with one attached hydrogen (secondary N) is 1. The van der Waals surface area contributed by atoms with Crippen LogP contribution in [0.1, 0.15) is 20.3 Å². The quantitative estimate of drug-likeness (QED) is 0.437. The van der Waals surface area contributed by atoms with Crippen LogP contribution in [0.5, 0.6) is 11.5 Å². The third-order valence-electron chi connectivity index (χ3n) is 6.81. The van der Waals surface area contributed by atoms with E-state index in [9.17, 15) is 9.59 Å². The zero-order valence-corrected chi connectivity index (χ0v) is 23.2. The molecule has 9 nitrogen and oxygen atoms in total. The van der Waals surface area contributed by atoms with Crippen molar-refractivity contribution in [1.29, 1.82) is 0 Å². The lowest BCUT2D eigenvalue weighted by atomic mass is 10.1. The number of benzene rings is 2. The monoisotopic (exact) mass is 539 g/mol. The summed E-state index contributed by atoms with van der Waals surface area (Å²) in [6.07, 6.45) is 0.00243. The zero-order chi connectivity index (χ0) is 27.1. The van der Waals surface area contributed by atoms with Crippen molar-refractivity contribution >= 4 is 40.5 Å². The van der Waals surface area contributed by atoms with Crippen LogP contribution < -0.4 is 19.7 Å². The molecule has 2 amide bonds. The van der Waals surface area contributed by atoms with Gasteiger partial charge in [-0.2, -0.15) is 0 Å². The summed E-state index contributed by atoms with van der Waals surface area (Å²) >= 11 is 5.82. The third kappa shape index (κ3) is 6.80. The van der Waals surface area contributed by atoms with E-state index >= 15 is 0 Å². The number of rotatable bonds is 11. The van der Waals surface area contributed by atoms with E-state index in [1.54, 1.807) is 17.0 Å². The van der Waals surface area contributed by atoms with E-state index in [1.165, 1.54) is 0 Å². The molecule has 1 N–H and O–H groups in total. The Bertz CT molecular complexity index is 1100. The molecule has 0 aliphatic carbocycles. The Kier molecular flexibility index (Phi) is 9.54. The minimum Gasteiger partial charge on any atom is -0.494 e. The molecular formula is C28H37N5O4S. The number of piperazine rings is 1. The molecule has 2 aromatic carbocycles. The molecule has 10 heteroatoms. The summed E-state index contributed by atoms with van der Waals surface area (Å²) in [4.78, 5) is 34.9. The summed E-state index contributed by atoms with van der Waals surface area (Å²) < 4.78 is 11.0. The van der Waals surface area contributed by atoms with Crippen LogP contribution in [0.25, 0.3) is 0 Å². The first kappa shape index (κ1) is 27.8. The molecule has 2 aliphatic heterocycles. The van der Waals surface area contributed by atoms with Gasteiger partial charge in [-0.25, -0.2) is 0 Å². The van der Waals surface area contributed by atoms with Crippen molar-refractivity contribution in [2.45, 2.75) is 26.3 Å². The first-order valence-electron chi connectivity index (χ1n) is 13.2. The topological polar surface area (TPSA) is 77.6 Å². The molecule has 2 saturated heterocycles. The van der Waals surface area contributed by atoms with Crippen molar-refractivity contribution < 1.29 is 19.1 Å². The lowest BCUT2D eigenvalue weighted by Gasteiger charge is -2.34. The number of carbonyl (C=O) groups excluding carboxylic acids is 2. The number of amides is 2. The van der Waals surface area contributed by atoms with Crippen LogP contribution in [0.3, 0.4) is 0 Å². The Morgan fingerprint density at radius 1 is 0.921 bits per heavy atom. The number of likely N-dealkylation sites (N-methyl/N-ethyl adjacent to an activating group) is 1. The van der Waals surface area contributed by atoms with Gasteiger partial charge >= 0.3 is 0 Å². The Morgan fingerprint density at radius 3 is 2.08 bits per heavy atom. The number of hydrogen-bond acceptors (Lipinski definition) is 7. The van der Waals surface area contributed by atoms with Gasteiger partial charge in [-0.05, 0) is 81.6 Å². The van der Waals surface area contributed by atoms with Gasteiger partial charge in [-0.15, -0.1) is 0 Å². The number of carbonyl (C=O) groups is 2. The van der Waals surface area contributed by atoms with E-state index in [0.29, 0.717) is 36.2 Å². The SMILES string of the molecule is CCOc1ccc(NC(=O)C[C@H]2C(=O)N(c3ccc(OCC)cc3)C(=S)N2CCN2CCN(C)CC2)cc1. The van der Waals surface area contributed by atoms with Crippen molar-refractivity contribution in [3.05, 3.63) is 48.5 Å². The van der Waals surface area contributed by atoms with Crippen LogP contribution in [-0.2, 0) is 9.59 Å². The van der Waals surface area contributed by atoms with E-state index in [4.69, 9.17) is 21.7 Å². The average molecular weight is 540 g/mol. The highest BCUT2D eigenvalue weighted by Gasteiger charge is 2.44. The second kappa shape index (κ2) is 13.0. The maximum atomic E-state index is 13.7. The summed E-state index contributed by atoms with van der Waals surface area (Å²) in [5.74, 6) is 1.03. The van der Waals surface area contributed by atoms with Crippen molar-refractivity contribution in [1.82, 2.24) is 14.7 Å². The summed E-state index contributed by atoms with van der Waals surface area (Å²) in [7, 11) is 2.12. The maximum Gasteiger partial charge on any atom is 0.256 e. The zero-order valence-electron chi connectivity index (χ0n) is 22.4. The molecule has 0 spiro atoms. The molecule has 2 fully saturated rings. The van der Waals surface area contributed by atoms with Crippen LogP contribution in [0, 0.1) is 0 Å². The van der Waals surface area contributed by atoms with Gasteiger partial charge in [0, 0.05) is 45.0 Å². The molecule has 2 heterocycles. The molecule has 38 heavy (non-hydrogen) atoms. The Morgan fingerprint density at radius 2 is 1.50 bits per heavy atom. The summed E-state index contributed by atoms with van der Waals surface area (Å²) in [6, 6.07) is 13.8. The predicted octanol–water partition coefficient (Wildman–Crippen LogP) is 3.06. The van der Waals surface area contributed by atoms with E-state index < -0.39 is 6.04 Å². The highest BCUT2D eigenvalue weighted by atomic mass is 32.1. The standard InChI is InChI=1S/C28H37N5O4S/c1-4-36-23-10-6-21(7-11-23)29-26(34)20-25-27(35)33(22-8-12-24(13-9-22)37-5-2)28(38)32(25)19-18-31-16-14-30(3)15-17-31/h6-13,25H,4-5,14-20H2,1-3H3,(H,29,34)/t25-/m0/s1. The summed E-state index contributed by atoms with van der Waals surface area (Å²) in [5, 5.41) is 3.34. The van der Waals surface area contributed by atoms with Gasteiger partial charge in [-0.3, -0.25) is 19.4 Å². The van der Waals surface area contributed by atoms with Crippen molar-refractivity contribution in [2.75, 3.05) is 69.7 Å². The van der Waals surface area contributed by atoms with Crippen molar-refractivity contribution in [2.24, 2.45) is 0 Å². The van der Waals surface area contributed by atoms with Crippen LogP contribution in [0.15, 0.2) is 48.5 Å². The van der Waals surface area contributed by atoms with Gasteiger partial charge in [-0.1, -0.05) is 0 Å². The van der Waals surface area contributed by atoms with Crippen LogP contribution in [-0.4, -0.2) is 97.2 Å². The Labute approximate surface area is 230 Å². The van der Waals surface area contributed by atoms with E-state index in [0.717, 1.165) is 44.2 Å². The largest absolute Gasteiger partial charge is 0.494 e. The van der Waals surface area contributed by atoms with E-state index in [-0.39, 0.29) is 18.2 Å². The summed E-state index contributed by atoms with van der Waals surface area (Å²) in [5.41, 5.74) is 1.32. The molecule has 0 unspecified atom stereocenters. The van der Waals surface area contributed by atoms with Gasteiger partial charge in [0.2, 0.25) is 5.91 Å². The normalized spacial score (nSPS) is 18.7. The lowest BCUT2D eigenvalue weighted by molar-refractivity contribution is -0.124. The highest BCUT2D eigenvalue weighted by Crippen LogP contribution is 2.29. The Hall–Kier alpha value is -3.21. The molecule has 0 aromatic heterocycles. The molecule has 0 radical (unpaired) electrons. The summed E-state index contributed by atoms with van der Waals surface area (Å²) in [6.45, 7) is 10.3. The smallest absolute Gasteiger partial charge is 0.256 e. The number of anilines is 2. The van der Waals surface area contributed by atoms with E-state index in [2.05, 4.69) is 22.2 Å². The van der Waals surface area contributed by atoms with Gasteiger partial charge < -0.3 is 24.6 Å². The van der Waals surface area contributed by atoms with E-state index in [1.807, 2.05) is 55.1 Å². The number of thiocarbonyl (C=S) groups is 1. The molecule has 1 atom stereocenters. The van der Waals surface area contributed by atoms with Gasteiger partial charge in [0.05, 0.1) is 25.3 Å². The third-order valence-corrected chi connectivity index (χ3v) is 7.22. The number of nitrogens with zero attached hydrogens (tertiary/aromatic N) is 4. The minimum absolute atomic E-state index is 0.00243. The first-order valence-corrected chi connectivity index (χ1v) is 13.6. The highest BCUT2D eigenvalue weighted by molar-refractivity contribution is 7.80. The predicted molar refractivity (Wildman–Crippen MR) is 153 cm³/mol. The van der Waals surface area contributed by atoms with Crippen LogP contribution >= 0.6 is 12.2 Å². The maximum absolute atomic E-state index is 13.7. The molecule has 2 aliphatic rings. The van der Waals surface area contributed by atoms with Gasteiger partial charge in [0.15, 0.2) is 5.11 Å². The average Bonchev–Trinajstić information content (AvgIpc) is 3.14. The van der Waals surface area contributed by atoms with Gasteiger partial charge in [0.25, 0.3) is 5.91 Å². The minimum atomic E-state index is -0.677. The molecule has 204 valence electrons. The molecule has 0 bridgehead atoms. The molecule has 4 rings (SSSR count). The fourth-order valence-electron chi connectivity index (χ4n) is 4.69. The second-order valence-corrected chi connectivity index (χ2v) is 9.81.